The van der Waals surface area contributed by atoms with Crippen LogP contribution in [0.1, 0.15) is 24.9 Å². The van der Waals surface area contributed by atoms with Crippen molar-refractivity contribution in [2.45, 2.75) is 25.4 Å². The molecule has 0 aliphatic carbocycles. The van der Waals surface area contributed by atoms with Crippen molar-refractivity contribution >= 4 is 27.5 Å². The van der Waals surface area contributed by atoms with Gasteiger partial charge in [-0.2, -0.15) is 0 Å². The van der Waals surface area contributed by atoms with Crippen LogP contribution < -0.4 is 5.73 Å². The van der Waals surface area contributed by atoms with Crippen LogP contribution in [-0.4, -0.2) is 49.1 Å². The number of nitrogens with two attached hydrogens (primary N) is 1. The van der Waals surface area contributed by atoms with E-state index in [-0.39, 0.29) is 6.04 Å². The van der Waals surface area contributed by atoms with Crippen LogP contribution in [0.15, 0.2) is 22.7 Å². The maximum Gasteiger partial charge on any atom is 0.0548 e. The second kappa shape index (κ2) is 7.23. The highest BCUT2D eigenvalue weighted by Crippen LogP contribution is 2.29. The van der Waals surface area contributed by atoms with E-state index in [1.165, 1.54) is 12.0 Å². The van der Waals surface area contributed by atoms with Gasteiger partial charge in [-0.15, -0.1) is 0 Å². The van der Waals surface area contributed by atoms with Crippen molar-refractivity contribution in [3.63, 3.8) is 0 Å². The summed E-state index contributed by atoms with van der Waals surface area (Å²) in [6, 6.07) is 7.01. The van der Waals surface area contributed by atoms with Gasteiger partial charge in [-0.05, 0) is 47.1 Å². The molecule has 1 saturated heterocycles. The standard InChI is InChI=1S/C15H23BrClN3/c1-3-12-10-20(7-6-19(12)2)15(9-18)11-4-5-14(17)13(16)8-11/h4-5,8,12,15H,3,6-7,9-10,18H2,1-2H3. The largest absolute Gasteiger partial charge is 0.329 e. The van der Waals surface area contributed by atoms with Gasteiger partial charge in [-0.3, -0.25) is 4.90 Å². The zero-order valence-electron chi connectivity index (χ0n) is 12.1. The molecule has 2 atom stereocenters. The lowest BCUT2D eigenvalue weighted by Gasteiger charge is -2.42. The summed E-state index contributed by atoms with van der Waals surface area (Å²) in [7, 11) is 2.21. The molecule has 3 nitrogen and oxygen atoms in total. The molecule has 0 radical (unpaired) electrons. The molecule has 2 rings (SSSR count). The lowest BCUT2D eigenvalue weighted by atomic mass is 10.0. The summed E-state index contributed by atoms with van der Waals surface area (Å²) >= 11 is 9.58. The van der Waals surface area contributed by atoms with Gasteiger partial charge in [0.1, 0.15) is 0 Å². The highest BCUT2D eigenvalue weighted by molar-refractivity contribution is 9.10. The number of likely N-dealkylation sites (N-methyl/N-ethyl adjacent to an activating group) is 1. The van der Waals surface area contributed by atoms with Crippen molar-refractivity contribution in [3.05, 3.63) is 33.3 Å². The van der Waals surface area contributed by atoms with Gasteiger partial charge >= 0.3 is 0 Å². The van der Waals surface area contributed by atoms with Crippen molar-refractivity contribution in [3.8, 4) is 0 Å². The first-order chi connectivity index (χ1) is 9.56. The Hall–Kier alpha value is -0.130. The molecule has 0 amide bonds. The van der Waals surface area contributed by atoms with Crippen LogP contribution in [0.4, 0.5) is 0 Å². The van der Waals surface area contributed by atoms with Crippen LogP contribution in [0, 0.1) is 0 Å². The zero-order chi connectivity index (χ0) is 14.7. The number of rotatable bonds is 4. The number of hydrogen-bond donors (Lipinski definition) is 1. The number of benzene rings is 1. The minimum Gasteiger partial charge on any atom is -0.329 e. The van der Waals surface area contributed by atoms with E-state index in [1.807, 2.05) is 6.07 Å². The summed E-state index contributed by atoms with van der Waals surface area (Å²) in [5, 5.41) is 0.745. The fraction of sp³-hybridized carbons (Fsp3) is 0.600. The minimum absolute atomic E-state index is 0.270. The van der Waals surface area contributed by atoms with Crippen LogP contribution in [0.2, 0.25) is 5.02 Å². The van der Waals surface area contributed by atoms with E-state index < -0.39 is 0 Å². The molecular weight excluding hydrogens is 338 g/mol. The molecule has 5 heteroatoms. The van der Waals surface area contributed by atoms with Crippen molar-refractivity contribution in [2.75, 3.05) is 33.2 Å². The predicted octanol–water partition coefficient (Wildman–Crippen LogP) is 3.13. The summed E-state index contributed by atoms with van der Waals surface area (Å²) in [6.07, 6.45) is 1.18. The topological polar surface area (TPSA) is 32.5 Å². The Kier molecular flexibility index (Phi) is 5.87. The summed E-state index contributed by atoms with van der Waals surface area (Å²) in [6.45, 7) is 6.13. The number of nitrogens with zero attached hydrogens (tertiary/aromatic N) is 2. The second-order valence-electron chi connectivity index (χ2n) is 5.46. The SMILES string of the molecule is CCC1CN(C(CN)c2ccc(Cl)c(Br)c2)CCN1C. The monoisotopic (exact) mass is 359 g/mol. The smallest absolute Gasteiger partial charge is 0.0548 e. The molecule has 1 aromatic carbocycles. The van der Waals surface area contributed by atoms with E-state index in [9.17, 15) is 0 Å². The first-order valence-corrected chi connectivity index (χ1v) is 8.33. The maximum atomic E-state index is 6.08. The van der Waals surface area contributed by atoms with E-state index in [0.717, 1.165) is 29.1 Å². The van der Waals surface area contributed by atoms with E-state index in [1.54, 1.807) is 0 Å². The Morgan fingerprint density at radius 1 is 1.45 bits per heavy atom. The fourth-order valence-corrected chi connectivity index (χ4v) is 3.42. The summed E-state index contributed by atoms with van der Waals surface area (Å²) in [5.41, 5.74) is 7.28. The highest BCUT2D eigenvalue weighted by Gasteiger charge is 2.28. The van der Waals surface area contributed by atoms with Crippen molar-refractivity contribution in [1.29, 1.82) is 0 Å². The minimum atomic E-state index is 0.270. The van der Waals surface area contributed by atoms with Gasteiger partial charge < -0.3 is 10.6 Å². The molecule has 2 unspecified atom stereocenters. The van der Waals surface area contributed by atoms with Crippen molar-refractivity contribution in [2.24, 2.45) is 5.73 Å². The number of piperazine rings is 1. The first-order valence-electron chi connectivity index (χ1n) is 7.16. The summed E-state index contributed by atoms with van der Waals surface area (Å²) < 4.78 is 0.941. The Morgan fingerprint density at radius 2 is 2.20 bits per heavy atom. The van der Waals surface area contributed by atoms with Gasteiger partial charge in [0.05, 0.1) is 5.02 Å². The molecule has 20 heavy (non-hydrogen) atoms. The van der Waals surface area contributed by atoms with Gasteiger partial charge in [0, 0.05) is 42.7 Å². The second-order valence-corrected chi connectivity index (χ2v) is 6.72. The average molecular weight is 361 g/mol. The molecule has 1 heterocycles. The molecule has 2 N–H and O–H groups in total. The quantitative estimate of drug-likeness (QED) is 0.895. The molecular formula is C15H23BrClN3. The van der Waals surface area contributed by atoms with Crippen LogP contribution in [0.25, 0.3) is 0 Å². The highest BCUT2D eigenvalue weighted by atomic mass is 79.9. The molecule has 1 fully saturated rings. The van der Waals surface area contributed by atoms with E-state index >= 15 is 0 Å². The van der Waals surface area contributed by atoms with Crippen LogP contribution >= 0.6 is 27.5 Å². The number of halogens is 2. The Balaban J connectivity index is 2.17. The Labute approximate surface area is 135 Å². The third-order valence-corrected chi connectivity index (χ3v) is 5.49. The number of hydrogen-bond acceptors (Lipinski definition) is 3. The molecule has 1 aliphatic heterocycles. The molecule has 0 saturated carbocycles. The first kappa shape index (κ1) is 16.2. The summed E-state index contributed by atoms with van der Waals surface area (Å²) in [5.74, 6) is 0. The molecule has 0 spiro atoms. The molecule has 0 bridgehead atoms. The van der Waals surface area contributed by atoms with Crippen LogP contribution in [-0.2, 0) is 0 Å². The van der Waals surface area contributed by atoms with Crippen molar-refractivity contribution in [1.82, 2.24) is 9.80 Å². The Bertz CT molecular complexity index is 455. The van der Waals surface area contributed by atoms with E-state index in [4.69, 9.17) is 17.3 Å². The predicted molar refractivity (Wildman–Crippen MR) is 89.2 cm³/mol. The van der Waals surface area contributed by atoms with Gasteiger partial charge in [-0.25, -0.2) is 0 Å². The zero-order valence-corrected chi connectivity index (χ0v) is 14.5. The third-order valence-electron chi connectivity index (χ3n) is 4.27. The Morgan fingerprint density at radius 3 is 2.80 bits per heavy atom. The maximum absolute atomic E-state index is 6.08. The van der Waals surface area contributed by atoms with Gasteiger partial charge in [-0.1, -0.05) is 24.6 Å². The van der Waals surface area contributed by atoms with E-state index in [2.05, 4.69) is 51.8 Å². The summed E-state index contributed by atoms with van der Waals surface area (Å²) in [4.78, 5) is 4.95. The average Bonchev–Trinajstić information content (AvgIpc) is 2.45. The fourth-order valence-electron chi connectivity index (χ4n) is 2.91. The van der Waals surface area contributed by atoms with Gasteiger partial charge in [0.25, 0.3) is 0 Å². The third kappa shape index (κ3) is 3.55. The van der Waals surface area contributed by atoms with E-state index in [0.29, 0.717) is 12.6 Å². The van der Waals surface area contributed by atoms with Gasteiger partial charge in [0.2, 0.25) is 0 Å². The van der Waals surface area contributed by atoms with Gasteiger partial charge in [0.15, 0.2) is 0 Å². The lowest BCUT2D eigenvalue weighted by molar-refractivity contribution is 0.0644. The molecule has 0 aromatic heterocycles. The lowest BCUT2D eigenvalue weighted by Crippen LogP contribution is -2.53. The van der Waals surface area contributed by atoms with Crippen LogP contribution in [0.3, 0.4) is 0 Å². The molecule has 1 aliphatic rings. The molecule has 1 aromatic rings. The molecule has 112 valence electrons. The van der Waals surface area contributed by atoms with Crippen LogP contribution in [0.5, 0.6) is 0 Å². The normalized spacial score (nSPS) is 22.9. The van der Waals surface area contributed by atoms with Crippen molar-refractivity contribution < 1.29 is 0 Å².